The molecule has 0 aliphatic carbocycles. The second-order valence-corrected chi connectivity index (χ2v) is 9.37. The zero-order valence-electron chi connectivity index (χ0n) is 13.4. The predicted octanol–water partition coefficient (Wildman–Crippen LogP) is 0.759. The maximum Gasteiger partial charge on any atom is 0.152 e. The highest BCUT2D eigenvalue weighted by Gasteiger charge is 2.35. The molecule has 124 valence electrons. The fraction of sp³-hybridized carbons (Fsp3) is 1.00. The minimum atomic E-state index is -2.79. The molecule has 0 unspecified atom stereocenters. The van der Waals surface area contributed by atoms with Gasteiger partial charge in [0.15, 0.2) is 9.84 Å². The van der Waals surface area contributed by atoms with Crippen molar-refractivity contribution in [2.75, 3.05) is 57.4 Å². The average Bonchev–Trinajstić information content (AvgIpc) is 2.42. The molecular weight excluding hydrogens is 288 g/mol. The lowest BCUT2D eigenvalue weighted by atomic mass is 9.79. The summed E-state index contributed by atoms with van der Waals surface area (Å²) >= 11 is 0. The van der Waals surface area contributed by atoms with Crippen LogP contribution >= 0.6 is 0 Å². The van der Waals surface area contributed by atoms with Gasteiger partial charge in [0.05, 0.1) is 11.5 Å². The first-order valence-electron chi connectivity index (χ1n) is 8.12. The minimum absolute atomic E-state index is 0.244. The molecule has 1 N–H and O–H groups in total. The number of sulfone groups is 1. The van der Waals surface area contributed by atoms with Crippen molar-refractivity contribution in [2.45, 2.75) is 26.7 Å². The third-order valence-corrected chi connectivity index (χ3v) is 6.21. The molecule has 2 fully saturated rings. The molecule has 0 aromatic heterocycles. The van der Waals surface area contributed by atoms with Gasteiger partial charge in [-0.05, 0) is 30.7 Å². The summed E-state index contributed by atoms with van der Waals surface area (Å²) in [4.78, 5) is 2.34. The Balaban J connectivity index is 1.89. The molecule has 21 heavy (non-hydrogen) atoms. The van der Waals surface area contributed by atoms with E-state index in [4.69, 9.17) is 4.74 Å². The van der Waals surface area contributed by atoms with Crippen molar-refractivity contribution in [3.63, 3.8) is 0 Å². The van der Waals surface area contributed by atoms with E-state index in [0.29, 0.717) is 30.5 Å². The van der Waals surface area contributed by atoms with Crippen LogP contribution in [0, 0.1) is 11.3 Å². The van der Waals surface area contributed by atoms with Crippen molar-refractivity contribution in [1.82, 2.24) is 10.2 Å². The van der Waals surface area contributed by atoms with Gasteiger partial charge < -0.3 is 15.0 Å². The Morgan fingerprint density at radius 3 is 2.38 bits per heavy atom. The summed E-state index contributed by atoms with van der Waals surface area (Å²) in [5.74, 6) is 1.29. The average molecular weight is 318 g/mol. The Morgan fingerprint density at radius 2 is 1.81 bits per heavy atom. The fourth-order valence-electron chi connectivity index (χ4n) is 3.20. The van der Waals surface area contributed by atoms with Crippen LogP contribution in [0.4, 0.5) is 0 Å². The van der Waals surface area contributed by atoms with E-state index in [1.165, 1.54) is 0 Å². The van der Waals surface area contributed by atoms with Crippen molar-refractivity contribution in [3.05, 3.63) is 0 Å². The highest BCUT2D eigenvalue weighted by Crippen LogP contribution is 2.31. The van der Waals surface area contributed by atoms with E-state index in [1.807, 2.05) is 0 Å². The monoisotopic (exact) mass is 318 g/mol. The van der Waals surface area contributed by atoms with Crippen LogP contribution in [-0.2, 0) is 14.6 Å². The number of hydrogen-bond acceptors (Lipinski definition) is 5. The zero-order valence-corrected chi connectivity index (χ0v) is 14.3. The minimum Gasteiger partial charge on any atom is -0.381 e. The lowest BCUT2D eigenvalue weighted by molar-refractivity contribution is -0.00337. The molecule has 0 aromatic carbocycles. The maximum atomic E-state index is 11.6. The van der Waals surface area contributed by atoms with E-state index >= 15 is 0 Å². The van der Waals surface area contributed by atoms with Crippen LogP contribution in [-0.4, -0.2) is 70.8 Å². The molecule has 2 heterocycles. The van der Waals surface area contributed by atoms with E-state index in [-0.39, 0.29) is 5.41 Å². The fourth-order valence-corrected chi connectivity index (χ4v) is 4.48. The highest BCUT2D eigenvalue weighted by atomic mass is 32.2. The van der Waals surface area contributed by atoms with Gasteiger partial charge in [0.2, 0.25) is 0 Å². The third-order valence-electron chi connectivity index (χ3n) is 4.60. The lowest BCUT2D eigenvalue weighted by Crippen LogP contribution is -2.51. The Labute approximate surface area is 129 Å². The maximum absolute atomic E-state index is 11.6. The van der Waals surface area contributed by atoms with E-state index < -0.39 is 9.84 Å². The summed E-state index contributed by atoms with van der Waals surface area (Å²) in [5.41, 5.74) is 0.244. The first kappa shape index (κ1) is 17.2. The van der Waals surface area contributed by atoms with Gasteiger partial charge in [-0.1, -0.05) is 13.8 Å². The van der Waals surface area contributed by atoms with Crippen molar-refractivity contribution < 1.29 is 13.2 Å². The smallest absolute Gasteiger partial charge is 0.152 e. The van der Waals surface area contributed by atoms with Gasteiger partial charge in [-0.25, -0.2) is 8.42 Å². The largest absolute Gasteiger partial charge is 0.381 e. The van der Waals surface area contributed by atoms with Crippen LogP contribution in [0.3, 0.4) is 0 Å². The van der Waals surface area contributed by atoms with E-state index in [0.717, 1.165) is 45.7 Å². The molecule has 5 nitrogen and oxygen atoms in total. The molecule has 6 heteroatoms. The normalized spacial score (nSPS) is 26.0. The Morgan fingerprint density at radius 1 is 1.19 bits per heavy atom. The molecule has 0 bridgehead atoms. The topological polar surface area (TPSA) is 58.6 Å². The number of nitrogens with one attached hydrogen (secondary N) is 1. The van der Waals surface area contributed by atoms with Gasteiger partial charge in [0.1, 0.15) is 0 Å². The molecule has 0 aromatic rings. The summed E-state index contributed by atoms with van der Waals surface area (Å²) < 4.78 is 28.6. The van der Waals surface area contributed by atoms with E-state index in [2.05, 4.69) is 24.1 Å². The summed E-state index contributed by atoms with van der Waals surface area (Å²) in [5, 5.41) is 3.60. The van der Waals surface area contributed by atoms with Gasteiger partial charge in [-0.15, -0.1) is 0 Å². The van der Waals surface area contributed by atoms with Crippen LogP contribution in [0.1, 0.15) is 26.7 Å². The van der Waals surface area contributed by atoms with Gasteiger partial charge in [0.25, 0.3) is 0 Å². The summed E-state index contributed by atoms with van der Waals surface area (Å²) in [6, 6.07) is 0. The SMILES string of the molecule is CC(C)CNCC1(CN2CCS(=O)(=O)CC2)CCOCC1. The first-order valence-corrected chi connectivity index (χ1v) is 9.94. The zero-order chi connectivity index (χ0) is 15.3. The van der Waals surface area contributed by atoms with Gasteiger partial charge in [0, 0.05) is 39.4 Å². The molecule has 0 saturated carbocycles. The van der Waals surface area contributed by atoms with Crippen molar-refractivity contribution in [3.8, 4) is 0 Å². The van der Waals surface area contributed by atoms with Crippen LogP contribution in [0.15, 0.2) is 0 Å². The second-order valence-electron chi connectivity index (χ2n) is 7.07. The summed E-state index contributed by atoms with van der Waals surface area (Å²) in [6.45, 7) is 10.5. The van der Waals surface area contributed by atoms with E-state index in [9.17, 15) is 8.42 Å². The van der Waals surface area contributed by atoms with Crippen LogP contribution in [0.25, 0.3) is 0 Å². The number of rotatable bonds is 6. The quantitative estimate of drug-likeness (QED) is 0.783. The standard InChI is InChI=1S/C15H30N2O3S/c1-14(2)11-16-12-15(3-7-20-8-4-15)13-17-5-9-21(18,19)10-6-17/h14,16H,3-13H2,1-2H3. The molecular formula is C15H30N2O3S. The van der Waals surface area contributed by atoms with Gasteiger partial charge in [-0.2, -0.15) is 0 Å². The van der Waals surface area contributed by atoms with Crippen molar-refractivity contribution in [1.29, 1.82) is 0 Å². The Bertz CT molecular complexity index is 403. The molecule has 2 saturated heterocycles. The van der Waals surface area contributed by atoms with Crippen LogP contribution in [0.2, 0.25) is 0 Å². The van der Waals surface area contributed by atoms with E-state index in [1.54, 1.807) is 0 Å². The third kappa shape index (κ3) is 5.51. The van der Waals surface area contributed by atoms with Gasteiger partial charge >= 0.3 is 0 Å². The number of nitrogens with zero attached hydrogens (tertiary/aromatic N) is 1. The lowest BCUT2D eigenvalue weighted by Gasteiger charge is -2.42. The Hall–Kier alpha value is -0.170. The van der Waals surface area contributed by atoms with Crippen LogP contribution < -0.4 is 5.32 Å². The first-order chi connectivity index (χ1) is 9.91. The molecule has 0 amide bonds. The van der Waals surface area contributed by atoms with Crippen LogP contribution in [0.5, 0.6) is 0 Å². The number of hydrogen-bond donors (Lipinski definition) is 1. The van der Waals surface area contributed by atoms with Crippen molar-refractivity contribution in [2.24, 2.45) is 11.3 Å². The Kier molecular flexibility index (Phi) is 6.05. The summed E-state index contributed by atoms with van der Waals surface area (Å²) in [6.07, 6.45) is 2.14. The summed E-state index contributed by atoms with van der Waals surface area (Å²) in [7, 11) is -2.79. The highest BCUT2D eigenvalue weighted by molar-refractivity contribution is 7.91. The molecule has 0 radical (unpaired) electrons. The second kappa shape index (κ2) is 7.40. The molecule has 2 aliphatic rings. The molecule has 2 aliphatic heterocycles. The molecule has 0 spiro atoms. The predicted molar refractivity (Wildman–Crippen MR) is 85.3 cm³/mol. The molecule has 0 atom stereocenters. The number of ether oxygens (including phenoxy) is 1. The molecule has 2 rings (SSSR count). The van der Waals surface area contributed by atoms with Gasteiger partial charge in [-0.3, -0.25) is 0 Å². The van der Waals surface area contributed by atoms with Crippen molar-refractivity contribution >= 4 is 9.84 Å².